The number of anilines is 1. The molecule has 0 spiro atoms. The molecule has 9 rings (SSSR count). The van der Waals surface area contributed by atoms with Crippen LogP contribution in [-0.4, -0.2) is 227 Å². The highest BCUT2D eigenvalue weighted by Gasteiger charge is 2.49. The summed E-state index contributed by atoms with van der Waals surface area (Å²) in [4.78, 5) is 123. The second kappa shape index (κ2) is 42.4. The Kier molecular flexibility index (Phi) is 32.4. The zero-order valence-electron chi connectivity index (χ0n) is 60.4. The maximum atomic E-state index is 14.2. The molecule has 3 aromatic heterocycles. The van der Waals surface area contributed by atoms with Gasteiger partial charge in [0.1, 0.15) is 49.3 Å². The number of hydrogen-bond donors (Lipinski definition) is 6. The first-order valence-corrected chi connectivity index (χ1v) is 36.4. The van der Waals surface area contributed by atoms with Gasteiger partial charge in [-0.3, -0.25) is 48.1 Å². The van der Waals surface area contributed by atoms with Gasteiger partial charge in [0.05, 0.1) is 160 Å². The Morgan fingerprint density at radius 1 is 0.717 bits per heavy atom. The fourth-order valence-corrected chi connectivity index (χ4v) is 13.0. The van der Waals surface area contributed by atoms with E-state index in [0.29, 0.717) is 190 Å². The molecular formula is C74H99N11O21. The molecule has 0 radical (unpaired) electrons. The SMILES string of the molecule is CCc1c2c(nc3ccc(O)cc13)-c1cc3c(c(=O)n1C2)COC(=O)[C@@]3(CC)CC(=O)OCc1ccc(NC(=O)C(CCCCN)NC(=O)COCC(=O)NCCOCCOCCOCCOCCOCCOCCOCCOCCn2cc(CNC(=O)C3CCC(CN4C(=O)C=CC4=O)CC3)nn2)cc1. The molecule has 0 saturated heterocycles. The molecule has 1 saturated carbocycles. The maximum Gasteiger partial charge on any atom is 0.317 e. The van der Waals surface area contributed by atoms with Gasteiger partial charge in [-0.2, -0.15) is 0 Å². The number of unbranched alkanes of at least 4 members (excludes halogenated alkanes) is 1. The van der Waals surface area contributed by atoms with Crippen LogP contribution in [0.25, 0.3) is 22.3 Å². The van der Waals surface area contributed by atoms with Gasteiger partial charge < -0.3 is 88.8 Å². The average Bonchev–Trinajstić information content (AvgIpc) is 1.49. The van der Waals surface area contributed by atoms with Crippen LogP contribution in [0.2, 0.25) is 0 Å². The molecule has 1 aliphatic carbocycles. The predicted molar refractivity (Wildman–Crippen MR) is 381 cm³/mol. The van der Waals surface area contributed by atoms with Crippen molar-refractivity contribution in [3.63, 3.8) is 0 Å². The lowest BCUT2D eigenvalue weighted by Crippen LogP contribution is -2.46. The number of nitrogens with one attached hydrogen (secondary N) is 4. The van der Waals surface area contributed by atoms with E-state index in [2.05, 4.69) is 31.6 Å². The first kappa shape index (κ1) is 81.1. The van der Waals surface area contributed by atoms with E-state index in [9.17, 15) is 48.3 Å². The van der Waals surface area contributed by atoms with Gasteiger partial charge in [0.25, 0.3) is 17.4 Å². The molecule has 1 fully saturated rings. The Hall–Kier alpha value is -8.96. The number of hydrogen-bond acceptors (Lipinski definition) is 25. The molecule has 5 aromatic rings. The fourth-order valence-electron chi connectivity index (χ4n) is 13.0. The molecule has 6 heterocycles. The van der Waals surface area contributed by atoms with Crippen molar-refractivity contribution < 1.29 is 95.6 Å². The van der Waals surface area contributed by atoms with E-state index < -0.39 is 54.3 Å². The van der Waals surface area contributed by atoms with Crippen LogP contribution >= 0.6 is 0 Å². The van der Waals surface area contributed by atoms with Gasteiger partial charge in [0.15, 0.2) is 0 Å². The number of carbonyl (C=O) groups is 8. The number of imide groups is 1. The number of benzene rings is 2. The summed E-state index contributed by atoms with van der Waals surface area (Å²) < 4.78 is 64.4. The van der Waals surface area contributed by atoms with Crippen LogP contribution in [0, 0.1) is 11.8 Å². The zero-order chi connectivity index (χ0) is 75.1. The number of nitrogens with zero attached hydrogens (tertiary/aromatic N) is 6. The van der Waals surface area contributed by atoms with Gasteiger partial charge in [-0.15, -0.1) is 5.10 Å². The molecule has 576 valence electrons. The van der Waals surface area contributed by atoms with E-state index in [4.69, 9.17) is 62.8 Å². The molecule has 3 aliphatic heterocycles. The second-order valence-electron chi connectivity index (χ2n) is 26.0. The standard InChI is InChI=1S/C74H99N11O21/c1-3-56-57-39-55(86)16-17-61(57)80-69-58(56)45-84-63(69)40-60-59(72(84)94)47-106-73(95)74(60,4-2)41-68(91)105-46-51-10-14-53(15-11-51)78-71(93)62(7-5-6-20-75)79-65(88)49-104-48-64(87)76-21-23-96-25-27-98-29-31-100-33-35-102-37-38-103-36-34-101-32-30-99-28-26-97-24-22-83-44-54(81-82-83)42-77-70(92)52-12-8-50(9-13-52)43-85-66(89)18-19-67(85)90/h10-11,14-19,39-40,44,50,52,62,86H,3-9,12-13,20-38,41-43,45-49,75H2,1-2H3,(H,76,87)(H,77,92)(H,78,93)(H,79,88)/t50?,52?,62?,74-/m0/s1. The lowest BCUT2D eigenvalue weighted by atomic mass is 9.72. The van der Waals surface area contributed by atoms with Gasteiger partial charge in [-0.1, -0.05) is 31.2 Å². The number of nitrogens with two attached hydrogens (primary N) is 1. The summed E-state index contributed by atoms with van der Waals surface area (Å²) in [5.74, 6) is -3.24. The van der Waals surface area contributed by atoms with Crippen molar-refractivity contribution in [2.75, 3.05) is 144 Å². The van der Waals surface area contributed by atoms with Gasteiger partial charge >= 0.3 is 11.9 Å². The monoisotopic (exact) mass is 1480 g/mol. The van der Waals surface area contributed by atoms with Crippen LogP contribution in [0.4, 0.5) is 5.69 Å². The Balaban J connectivity index is 0.528. The molecule has 1 unspecified atom stereocenters. The van der Waals surface area contributed by atoms with E-state index in [1.54, 1.807) is 70.9 Å². The van der Waals surface area contributed by atoms with E-state index in [-0.39, 0.29) is 105 Å². The number of aromatic nitrogens is 5. The van der Waals surface area contributed by atoms with Crippen LogP contribution in [0.15, 0.2) is 71.7 Å². The van der Waals surface area contributed by atoms with Gasteiger partial charge in [-0.05, 0) is 123 Å². The van der Waals surface area contributed by atoms with E-state index in [1.807, 2.05) is 6.92 Å². The number of phenolic OH excluding ortho intramolecular Hbond substituents is 1. The molecule has 2 atom stereocenters. The fraction of sp³-hybridized carbons (Fsp3) is 0.568. The largest absolute Gasteiger partial charge is 0.508 e. The molecule has 6 amide bonds. The molecule has 32 nitrogen and oxygen atoms in total. The van der Waals surface area contributed by atoms with Crippen molar-refractivity contribution in [2.45, 2.75) is 122 Å². The van der Waals surface area contributed by atoms with Crippen LogP contribution in [-0.2, 0) is 135 Å². The van der Waals surface area contributed by atoms with Gasteiger partial charge in [0, 0.05) is 47.8 Å². The van der Waals surface area contributed by atoms with Crippen molar-refractivity contribution in [2.24, 2.45) is 17.6 Å². The summed E-state index contributed by atoms with van der Waals surface area (Å²) in [5, 5.41) is 30.4. The van der Waals surface area contributed by atoms with Gasteiger partial charge in [0.2, 0.25) is 23.6 Å². The number of aryl methyl sites for hydroxylation is 1. The number of carbonyl (C=O) groups excluding carboxylic acids is 8. The molecule has 0 bridgehead atoms. The summed E-state index contributed by atoms with van der Waals surface area (Å²) in [6.07, 6.45) is 9.19. The van der Waals surface area contributed by atoms with Crippen LogP contribution < -0.4 is 32.6 Å². The smallest absolute Gasteiger partial charge is 0.317 e. The minimum atomic E-state index is -1.51. The number of aromatic hydroxyl groups is 1. The molecule has 2 aromatic carbocycles. The molecule has 7 N–H and O–H groups in total. The third-order valence-electron chi connectivity index (χ3n) is 18.7. The summed E-state index contributed by atoms with van der Waals surface area (Å²) >= 11 is 0. The van der Waals surface area contributed by atoms with Crippen molar-refractivity contribution in [1.29, 1.82) is 0 Å². The topological polar surface area (TPSA) is 401 Å². The minimum Gasteiger partial charge on any atom is -0.508 e. The number of rotatable bonds is 49. The third kappa shape index (κ3) is 23.8. The number of cyclic esters (lactones) is 1. The highest BCUT2D eigenvalue weighted by Crippen LogP contribution is 2.44. The second-order valence-corrected chi connectivity index (χ2v) is 26.0. The van der Waals surface area contributed by atoms with E-state index in [1.165, 1.54) is 17.1 Å². The third-order valence-corrected chi connectivity index (χ3v) is 18.7. The van der Waals surface area contributed by atoms with Crippen molar-refractivity contribution in [3.05, 3.63) is 111 Å². The van der Waals surface area contributed by atoms with Crippen LogP contribution in [0.5, 0.6) is 5.75 Å². The summed E-state index contributed by atoms with van der Waals surface area (Å²) in [7, 11) is 0. The Morgan fingerprint density at radius 2 is 1.34 bits per heavy atom. The zero-order valence-corrected chi connectivity index (χ0v) is 60.4. The number of phenols is 1. The number of amides is 6. The maximum absolute atomic E-state index is 14.2. The van der Waals surface area contributed by atoms with Crippen LogP contribution in [0.3, 0.4) is 0 Å². The first-order valence-electron chi connectivity index (χ1n) is 36.4. The molecule has 32 heteroatoms. The molecule has 4 aliphatic rings. The van der Waals surface area contributed by atoms with E-state index in [0.717, 1.165) is 29.4 Å². The first-order chi connectivity index (χ1) is 51.6. The van der Waals surface area contributed by atoms with E-state index >= 15 is 0 Å². The minimum absolute atomic E-state index is 0.0273. The highest BCUT2D eigenvalue weighted by atomic mass is 16.6. The Labute approximate surface area is 614 Å². The Morgan fingerprint density at radius 3 is 1.96 bits per heavy atom. The van der Waals surface area contributed by atoms with Crippen molar-refractivity contribution in [3.8, 4) is 17.1 Å². The van der Waals surface area contributed by atoms with Crippen molar-refractivity contribution in [1.82, 2.24) is 45.4 Å². The van der Waals surface area contributed by atoms with Crippen LogP contribution in [0.1, 0.15) is 105 Å². The normalized spacial score (nSPS) is 16.9. The lowest BCUT2D eigenvalue weighted by Gasteiger charge is -2.35. The summed E-state index contributed by atoms with van der Waals surface area (Å²) in [6, 6.07) is 12.4. The Bertz CT molecular complexity index is 3840. The van der Waals surface area contributed by atoms with Crippen molar-refractivity contribution >= 4 is 64.0 Å². The average molecular weight is 1480 g/mol. The number of fused-ring (bicyclic) bond motifs is 5. The number of ether oxygens (including phenoxy) is 11. The summed E-state index contributed by atoms with van der Waals surface area (Å²) in [6.45, 7) is 10.6. The number of esters is 2. The molecule has 106 heavy (non-hydrogen) atoms. The van der Waals surface area contributed by atoms with Gasteiger partial charge in [-0.25, -0.2) is 9.67 Å². The molecular weight excluding hydrogens is 1380 g/mol. The number of pyridine rings is 2. The highest BCUT2D eigenvalue weighted by molar-refractivity contribution is 6.13. The quantitative estimate of drug-likeness (QED) is 0.0182. The predicted octanol–water partition coefficient (Wildman–Crippen LogP) is 2.99. The summed E-state index contributed by atoms with van der Waals surface area (Å²) in [5.41, 5.74) is 9.81. The lowest BCUT2D eigenvalue weighted by molar-refractivity contribution is -0.161.